The molecule has 1 N–H and O–H groups in total. The van der Waals surface area contributed by atoms with E-state index in [1.807, 2.05) is 6.20 Å². The van der Waals surface area contributed by atoms with Gasteiger partial charge in [0.1, 0.15) is 5.82 Å². The summed E-state index contributed by atoms with van der Waals surface area (Å²) < 4.78 is 5.78. The fourth-order valence-electron chi connectivity index (χ4n) is 3.36. The molecule has 0 bridgehead atoms. The number of aromatic nitrogens is 1. The van der Waals surface area contributed by atoms with Crippen LogP contribution in [0.1, 0.15) is 39.5 Å². The van der Waals surface area contributed by atoms with Gasteiger partial charge in [0.25, 0.3) is 0 Å². The monoisotopic (exact) mass is 275 g/mol. The summed E-state index contributed by atoms with van der Waals surface area (Å²) in [4.78, 5) is 6.96. The minimum Gasteiger partial charge on any atom is -0.381 e. The Bertz CT molecular complexity index is 418. The van der Waals surface area contributed by atoms with E-state index < -0.39 is 0 Å². The summed E-state index contributed by atoms with van der Waals surface area (Å²) in [5, 5.41) is 3.60. The highest BCUT2D eigenvalue weighted by molar-refractivity contribution is 5.49. The first kappa shape index (κ1) is 13.7. The molecule has 0 amide bonds. The van der Waals surface area contributed by atoms with Gasteiger partial charge in [0.2, 0.25) is 0 Å². The lowest BCUT2D eigenvalue weighted by molar-refractivity contribution is -0.0337. The topological polar surface area (TPSA) is 37.4 Å². The first-order valence-electron chi connectivity index (χ1n) is 7.84. The van der Waals surface area contributed by atoms with Crippen LogP contribution in [0.15, 0.2) is 18.3 Å². The first-order chi connectivity index (χ1) is 9.70. The molecule has 0 saturated carbocycles. The fraction of sp³-hybridized carbons (Fsp3) is 0.688. The molecule has 0 aliphatic carbocycles. The maximum absolute atomic E-state index is 5.78. The summed E-state index contributed by atoms with van der Waals surface area (Å²) in [5.41, 5.74) is 1.12. The van der Waals surface area contributed by atoms with Crippen LogP contribution in [-0.4, -0.2) is 36.3 Å². The lowest BCUT2D eigenvalue weighted by Gasteiger charge is -2.33. The zero-order valence-electron chi connectivity index (χ0n) is 12.5. The Morgan fingerprint density at radius 1 is 1.15 bits per heavy atom. The molecule has 0 radical (unpaired) electrons. The first-order valence-corrected chi connectivity index (χ1v) is 7.84. The van der Waals surface area contributed by atoms with Crippen LogP contribution in [0.5, 0.6) is 0 Å². The minimum absolute atomic E-state index is 0.341. The van der Waals surface area contributed by atoms with Crippen molar-refractivity contribution in [3.8, 4) is 0 Å². The second kappa shape index (κ2) is 6.00. The number of nitrogens with one attached hydrogen (secondary N) is 1. The average molecular weight is 275 g/mol. The van der Waals surface area contributed by atoms with Crippen molar-refractivity contribution in [3.05, 3.63) is 18.3 Å². The molecule has 2 fully saturated rings. The van der Waals surface area contributed by atoms with Crippen molar-refractivity contribution >= 4 is 11.5 Å². The van der Waals surface area contributed by atoms with Gasteiger partial charge in [-0.3, -0.25) is 0 Å². The van der Waals surface area contributed by atoms with E-state index in [2.05, 4.69) is 41.2 Å². The highest BCUT2D eigenvalue weighted by Gasteiger charge is 2.24. The quantitative estimate of drug-likeness (QED) is 0.920. The third kappa shape index (κ3) is 3.23. The predicted molar refractivity (Wildman–Crippen MR) is 82.3 cm³/mol. The number of rotatable bonds is 3. The molecule has 2 saturated heterocycles. The number of hydrogen-bond acceptors (Lipinski definition) is 4. The van der Waals surface area contributed by atoms with E-state index in [1.165, 1.54) is 12.8 Å². The largest absolute Gasteiger partial charge is 0.381 e. The van der Waals surface area contributed by atoms with Crippen molar-refractivity contribution in [2.24, 2.45) is 0 Å². The van der Waals surface area contributed by atoms with Crippen molar-refractivity contribution in [1.82, 2.24) is 4.98 Å². The Morgan fingerprint density at radius 2 is 1.85 bits per heavy atom. The van der Waals surface area contributed by atoms with Crippen molar-refractivity contribution in [2.45, 2.75) is 57.8 Å². The second-order valence-electron chi connectivity index (χ2n) is 6.17. The summed E-state index contributed by atoms with van der Waals surface area (Å²) in [7, 11) is 0. The molecule has 2 atom stereocenters. The van der Waals surface area contributed by atoms with Gasteiger partial charge in [-0.05, 0) is 51.7 Å². The molecule has 4 heteroatoms. The SMILES string of the molecule is CC1CC(Nc2ccc(N3CCCC3)nc2)CC(C)O1. The Labute approximate surface area is 121 Å². The smallest absolute Gasteiger partial charge is 0.128 e. The van der Waals surface area contributed by atoms with Crippen LogP contribution in [0.4, 0.5) is 11.5 Å². The summed E-state index contributed by atoms with van der Waals surface area (Å²) in [6.45, 7) is 6.60. The van der Waals surface area contributed by atoms with Gasteiger partial charge in [-0.2, -0.15) is 0 Å². The van der Waals surface area contributed by atoms with Crippen LogP contribution in [0.3, 0.4) is 0 Å². The van der Waals surface area contributed by atoms with Gasteiger partial charge >= 0.3 is 0 Å². The normalized spacial score (nSPS) is 30.5. The van der Waals surface area contributed by atoms with Crippen LogP contribution in [-0.2, 0) is 4.74 Å². The molecule has 4 nitrogen and oxygen atoms in total. The Kier molecular flexibility index (Phi) is 4.10. The maximum atomic E-state index is 5.78. The van der Waals surface area contributed by atoms with Gasteiger partial charge in [0.05, 0.1) is 24.1 Å². The average Bonchev–Trinajstić information content (AvgIpc) is 2.92. The molecular weight excluding hydrogens is 250 g/mol. The summed E-state index contributed by atoms with van der Waals surface area (Å²) in [6, 6.07) is 4.79. The van der Waals surface area contributed by atoms with E-state index in [-0.39, 0.29) is 0 Å². The highest BCUT2D eigenvalue weighted by Crippen LogP contribution is 2.24. The molecule has 0 spiro atoms. The van der Waals surface area contributed by atoms with Gasteiger partial charge in [0.15, 0.2) is 0 Å². The van der Waals surface area contributed by atoms with Gasteiger partial charge in [-0.15, -0.1) is 0 Å². The summed E-state index contributed by atoms with van der Waals surface area (Å²) in [6.07, 6.45) is 7.37. The van der Waals surface area contributed by atoms with E-state index in [4.69, 9.17) is 4.74 Å². The number of anilines is 2. The number of nitrogens with zero attached hydrogens (tertiary/aromatic N) is 2. The zero-order valence-corrected chi connectivity index (χ0v) is 12.5. The lowest BCUT2D eigenvalue weighted by atomic mass is 10.00. The molecule has 2 aliphatic rings. The molecule has 0 aromatic carbocycles. The molecule has 2 aliphatic heterocycles. The molecule has 3 heterocycles. The standard InChI is InChI=1S/C16H25N3O/c1-12-9-15(10-13(2)20-12)18-14-5-6-16(17-11-14)19-7-3-4-8-19/h5-6,11-13,15,18H,3-4,7-10H2,1-2H3. The number of ether oxygens (including phenoxy) is 1. The van der Waals surface area contributed by atoms with Gasteiger partial charge in [-0.1, -0.05) is 0 Å². The summed E-state index contributed by atoms with van der Waals surface area (Å²) in [5.74, 6) is 1.11. The van der Waals surface area contributed by atoms with E-state index in [9.17, 15) is 0 Å². The molecule has 1 aromatic rings. The fourth-order valence-corrected chi connectivity index (χ4v) is 3.36. The second-order valence-corrected chi connectivity index (χ2v) is 6.17. The van der Waals surface area contributed by atoms with Crippen LogP contribution in [0.25, 0.3) is 0 Å². The molecular formula is C16H25N3O. The minimum atomic E-state index is 0.341. The third-order valence-corrected chi connectivity index (χ3v) is 4.25. The van der Waals surface area contributed by atoms with Gasteiger partial charge in [-0.25, -0.2) is 4.98 Å². The van der Waals surface area contributed by atoms with E-state index >= 15 is 0 Å². The van der Waals surface area contributed by atoms with Crippen molar-refractivity contribution in [2.75, 3.05) is 23.3 Å². The molecule has 3 rings (SSSR count). The molecule has 2 unspecified atom stereocenters. The zero-order chi connectivity index (χ0) is 13.9. The Morgan fingerprint density at radius 3 is 2.45 bits per heavy atom. The van der Waals surface area contributed by atoms with Crippen molar-refractivity contribution in [3.63, 3.8) is 0 Å². The Balaban J connectivity index is 1.60. The van der Waals surface area contributed by atoms with Crippen molar-refractivity contribution < 1.29 is 4.74 Å². The van der Waals surface area contributed by atoms with Gasteiger partial charge in [0, 0.05) is 19.1 Å². The van der Waals surface area contributed by atoms with E-state index in [0.29, 0.717) is 18.2 Å². The third-order valence-electron chi connectivity index (χ3n) is 4.25. The highest BCUT2D eigenvalue weighted by atomic mass is 16.5. The molecule has 110 valence electrons. The predicted octanol–water partition coefficient (Wildman–Crippen LogP) is 3.05. The van der Waals surface area contributed by atoms with Crippen LogP contribution < -0.4 is 10.2 Å². The summed E-state index contributed by atoms with van der Waals surface area (Å²) >= 11 is 0. The number of hydrogen-bond donors (Lipinski definition) is 1. The van der Waals surface area contributed by atoms with Gasteiger partial charge < -0.3 is 15.0 Å². The Hall–Kier alpha value is -1.29. The molecule has 20 heavy (non-hydrogen) atoms. The lowest BCUT2D eigenvalue weighted by Crippen LogP contribution is -2.36. The van der Waals surface area contributed by atoms with Crippen LogP contribution in [0, 0.1) is 0 Å². The van der Waals surface area contributed by atoms with Crippen LogP contribution in [0.2, 0.25) is 0 Å². The van der Waals surface area contributed by atoms with Crippen LogP contribution >= 0.6 is 0 Å². The van der Waals surface area contributed by atoms with E-state index in [1.54, 1.807) is 0 Å². The molecule has 1 aromatic heterocycles. The number of pyridine rings is 1. The maximum Gasteiger partial charge on any atom is 0.128 e. The van der Waals surface area contributed by atoms with E-state index in [0.717, 1.165) is 37.4 Å². The van der Waals surface area contributed by atoms with Crippen molar-refractivity contribution in [1.29, 1.82) is 0 Å².